The van der Waals surface area contributed by atoms with Gasteiger partial charge < -0.3 is 11.1 Å². The monoisotopic (exact) mass is 270 g/mol. The predicted octanol–water partition coefficient (Wildman–Crippen LogP) is 1.50. The minimum Gasteiger partial charge on any atom is -0.383 e. The van der Waals surface area contributed by atoms with Gasteiger partial charge >= 0.3 is 0 Å². The van der Waals surface area contributed by atoms with Gasteiger partial charge in [0.25, 0.3) is 0 Å². The molecule has 3 N–H and O–H groups in total. The SMILES string of the molecule is CCCc1nc(N)c(C)c(NC(C)CS(C)=O)n1. The Morgan fingerprint density at radius 2 is 2.11 bits per heavy atom. The number of anilines is 2. The number of hydrogen-bond donors (Lipinski definition) is 2. The van der Waals surface area contributed by atoms with Crippen LogP contribution in [0.2, 0.25) is 0 Å². The molecule has 102 valence electrons. The van der Waals surface area contributed by atoms with Crippen molar-refractivity contribution in [2.75, 3.05) is 23.1 Å². The normalized spacial score (nSPS) is 14.2. The molecule has 0 aliphatic carbocycles. The molecule has 0 saturated carbocycles. The maximum Gasteiger partial charge on any atom is 0.135 e. The fourth-order valence-corrected chi connectivity index (χ4v) is 2.47. The highest BCUT2D eigenvalue weighted by molar-refractivity contribution is 7.84. The Kier molecular flexibility index (Phi) is 5.53. The van der Waals surface area contributed by atoms with Crippen molar-refractivity contribution in [1.82, 2.24) is 9.97 Å². The number of nitrogens with two attached hydrogens (primary N) is 1. The average molecular weight is 270 g/mol. The van der Waals surface area contributed by atoms with Crippen LogP contribution in [0, 0.1) is 6.92 Å². The lowest BCUT2D eigenvalue weighted by Crippen LogP contribution is -2.24. The maximum absolute atomic E-state index is 11.2. The molecule has 0 saturated heterocycles. The molecule has 2 atom stereocenters. The van der Waals surface area contributed by atoms with E-state index in [9.17, 15) is 4.21 Å². The molecule has 1 aromatic rings. The Labute approximate surface area is 111 Å². The number of nitrogens with zero attached hydrogens (tertiary/aromatic N) is 2. The first-order chi connectivity index (χ1) is 8.43. The molecule has 0 spiro atoms. The number of hydrogen-bond acceptors (Lipinski definition) is 5. The molecule has 1 aromatic heterocycles. The van der Waals surface area contributed by atoms with Crippen LogP contribution in [0.25, 0.3) is 0 Å². The van der Waals surface area contributed by atoms with Crippen molar-refractivity contribution >= 4 is 22.4 Å². The van der Waals surface area contributed by atoms with E-state index in [4.69, 9.17) is 5.73 Å². The molecule has 6 heteroatoms. The van der Waals surface area contributed by atoms with Crippen LogP contribution in [0.4, 0.5) is 11.6 Å². The highest BCUT2D eigenvalue weighted by Gasteiger charge is 2.11. The van der Waals surface area contributed by atoms with E-state index >= 15 is 0 Å². The fraction of sp³-hybridized carbons (Fsp3) is 0.667. The number of rotatable bonds is 6. The molecule has 0 aromatic carbocycles. The van der Waals surface area contributed by atoms with Gasteiger partial charge in [0.05, 0.1) is 0 Å². The van der Waals surface area contributed by atoms with E-state index in [1.54, 1.807) is 6.26 Å². The van der Waals surface area contributed by atoms with Crippen molar-refractivity contribution < 1.29 is 4.21 Å². The van der Waals surface area contributed by atoms with Gasteiger partial charge in [-0.15, -0.1) is 0 Å². The van der Waals surface area contributed by atoms with Crippen LogP contribution >= 0.6 is 0 Å². The van der Waals surface area contributed by atoms with Crippen LogP contribution in [0.5, 0.6) is 0 Å². The second kappa shape index (κ2) is 6.68. The first-order valence-electron chi connectivity index (χ1n) is 6.13. The summed E-state index contributed by atoms with van der Waals surface area (Å²) in [5.74, 6) is 2.62. The molecular weight excluding hydrogens is 248 g/mol. The van der Waals surface area contributed by atoms with E-state index in [2.05, 4.69) is 22.2 Å². The Bertz CT molecular complexity index is 436. The molecule has 1 heterocycles. The zero-order valence-electron chi connectivity index (χ0n) is 11.5. The van der Waals surface area contributed by atoms with E-state index in [0.29, 0.717) is 11.6 Å². The van der Waals surface area contributed by atoms with E-state index in [0.717, 1.165) is 30.0 Å². The minimum atomic E-state index is -0.827. The van der Waals surface area contributed by atoms with Crippen molar-refractivity contribution in [3.8, 4) is 0 Å². The number of aryl methyl sites for hydroxylation is 1. The Balaban J connectivity index is 2.89. The lowest BCUT2D eigenvalue weighted by atomic mass is 10.2. The quantitative estimate of drug-likeness (QED) is 0.818. The summed E-state index contributed by atoms with van der Waals surface area (Å²) in [7, 11) is -0.827. The number of aromatic nitrogens is 2. The molecule has 0 bridgehead atoms. The largest absolute Gasteiger partial charge is 0.383 e. The number of nitrogens with one attached hydrogen (secondary N) is 1. The molecule has 0 radical (unpaired) electrons. The summed E-state index contributed by atoms with van der Waals surface area (Å²) in [6.45, 7) is 5.96. The minimum absolute atomic E-state index is 0.0957. The molecule has 1 rings (SSSR count). The summed E-state index contributed by atoms with van der Waals surface area (Å²) in [6.07, 6.45) is 3.49. The van der Waals surface area contributed by atoms with E-state index in [1.165, 1.54) is 0 Å². The van der Waals surface area contributed by atoms with Gasteiger partial charge in [0, 0.05) is 40.8 Å². The van der Waals surface area contributed by atoms with Crippen LogP contribution in [-0.4, -0.2) is 32.2 Å². The molecule has 5 nitrogen and oxygen atoms in total. The third-order valence-electron chi connectivity index (χ3n) is 2.57. The Morgan fingerprint density at radius 1 is 1.44 bits per heavy atom. The molecular formula is C12H22N4OS. The smallest absolute Gasteiger partial charge is 0.135 e. The van der Waals surface area contributed by atoms with Gasteiger partial charge in [-0.25, -0.2) is 9.97 Å². The van der Waals surface area contributed by atoms with Gasteiger partial charge in [-0.1, -0.05) is 6.92 Å². The molecule has 2 unspecified atom stereocenters. The zero-order chi connectivity index (χ0) is 13.7. The molecule has 0 aliphatic heterocycles. The van der Waals surface area contributed by atoms with Crippen LogP contribution in [0.1, 0.15) is 31.7 Å². The second-order valence-electron chi connectivity index (χ2n) is 4.53. The van der Waals surface area contributed by atoms with Crippen molar-refractivity contribution in [1.29, 1.82) is 0 Å². The van der Waals surface area contributed by atoms with Crippen molar-refractivity contribution in [2.24, 2.45) is 0 Å². The van der Waals surface area contributed by atoms with Crippen LogP contribution in [0.15, 0.2) is 0 Å². The second-order valence-corrected chi connectivity index (χ2v) is 6.01. The highest BCUT2D eigenvalue weighted by atomic mass is 32.2. The summed E-state index contributed by atoms with van der Waals surface area (Å²) < 4.78 is 11.2. The summed E-state index contributed by atoms with van der Waals surface area (Å²) in [4.78, 5) is 8.73. The van der Waals surface area contributed by atoms with Crippen LogP contribution in [0.3, 0.4) is 0 Å². The predicted molar refractivity (Wildman–Crippen MR) is 77.2 cm³/mol. The molecule has 18 heavy (non-hydrogen) atoms. The van der Waals surface area contributed by atoms with Gasteiger partial charge in [-0.05, 0) is 20.3 Å². The van der Waals surface area contributed by atoms with Crippen molar-refractivity contribution in [3.05, 3.63) is 11.4 Å². The van der Waals surface area contributed by atoms with Crippen molar-refractivity contribution in [2.45, 2.75) is 39.7 Å². The van der Waals surface area contributed by atoms with Gasteiger partial charge in [0.15, 0.2) is 0 Å². The highest BCUT2D eigenvalue weighted by Crippen LogP contribution is 2.18. The van der Waals surface area contributed by atoms with Gasteiger partial charge in [0.1, 0.15) is 17.5 Å². The average Bonchev–Trinajstić information content (AvgIpc) is 2.24. The zero-order valence-corrected chi connectivity index (χ0v) is 12.3. The fourth-order valence-electron chi connectivity index (χ4n) is 1.69. The van der Waals surface area contributed by atoms with E-state index in [1.807, 2.05) is 13.8 Å². The first-order valence-corrected chi connectivity index (χ1v) is 7.86. The van der Waals surface area contributed by atoms with Crippen LogP contribution in [-0.2, 0) is 17.2 Å². The first kappa shape index (κ1) is 14.9. The third-order valence-corrected chi connectivity index (χ3v) is 3.54. The lowest BCUT2D eigenvalue weighted by molar-refractivity contribution is 0.682. The summed E-state index contributed by atoms with van der Waals surface area (Å²) >= 11 is 0. The summed E-state index contributed by atoms with van der Waals surface area (Å²) in [5, 5.41) is 3.26. The number of nitrogen functional groups attached to an aromatic ring is 1. The Hall–Kier alpha value is -1.17. The Morgan fingerprint density at radius 3 is 2.67 bits per heavy atom. The van der Waals surface area contributed by atoms with Gasteiger partial charge in [-0.3, -0.25) is 4.21 Å². The van der Waals surface area contributed by atoms with Gasteiger partial charge in [0.2, 0.25) is 0 Å². The lowest BCUT2D eigenvalue weighted by Gasteiger charge is -2.16. The standard InChI is InChI=1S/C12H22N4OS/c1-5-6-10-15-11(13)9(3)12(16-10)14-8(2)7-18(4)17/h8H,5-7H2,1-4H3,(H3,13,14,15,16). The third kappa shape index (κ3) is 4.25. The molecule has 0 aliphatic rings. The summed E-state index contributed by atoms with van der Waals surface area (Å²) in [5.41, 5.74) is 6.73. The topological polar surface area (TPSA) is 80.9 Å². The van der Waals surface area contributed by atoms with Gasteiger partial charge in [-0.2, -0.15) is 0 Å². The molecule has 0 amide bonds. The maximum atomic E-state index is 11.2. The van der Waals surface area contributed by atoms with Crippen molar-refractivity contribution in [3.63, 3.8) is 0 Å². The molecule has 0 fully saturated rings. The summed E-state index contributed by atoms with van der Waals surface area (Å²) in [6, 6.07) is 0.0957. The van der Waals surface area contributed by atoms with E-state index in [-0.39, 0.29) is 6.04 Å². The van der Waals surface area contributed by atoms with Crippen LogP contribution < -0.4 is 11.1 Å². The van der Waals surface area contributed by atoms with E-state index < -0.39 is 10.8 Å².